The molecule has 0 radical (unpaired) electrons. The quantitative estimate of drug-likeness (QED) is 0.828. The molecular formula is C18H26O5. The highest BCUT2D eigenvalue weighted by atomic mass is 16.7. The van der Waals surface area contributed by atoms with E-state index in [-0.39, 0.29) is 24.4 Å². The zero-order chi connectivity index (χ0) is 16.1. The molecule has 0 N–H and O–H groups in total. The Hall–Kier alpha value is -1.33. The number of rotatable bonds is 5. The molecule has 1 aliphatic heterocycles. The Bertz CT molecular complexity index is 539. The first-order valence-electron chi connectivity index (χ1n) is 8.72. The van der Waals surface area contributed by atoms with E-state index >= 15 is 0 Å². The summed E-state index contributed by atoms with van der Waals surface area (Å²) in [5.74, 6) is 1.57. The first-order chi connectivity index (χ1) is 11.2. The summed E-state index contributed by atoms with van der Waals surface area (Å²) in [5, 5.41) is 0. The predicted molar refractivity (Wildman–Crippen MR) is 85.4 cm³/mol. The standard InChI is InChI=1S/C18H26O5/c1-13-5-7-14(8-6-13)23-17-12-21-15(10-16(17)19)11-22-18-4-2-3-9-20-18/h10,12-14,18H,2-9,11H2,1H3. The lowest BCUT2D eigenvalue weighted by Gasteiger charge is -2.26. The SMILES string of the molecule is CC1CCC(Oc2coc(COC3CCCCO3)cc2=O)CC1. The third-order valence-electron chi connectivity index (χ3n) is 4.66. The lowest BCUT2D eigenvalue weighted by molar-refractivity contribution is -0.171. The molecule has 1 atom stereocenters. The van der Waals surface area contributed by atoms with Gasteiger partial charge in [0.15, 0.2) is 6.29 Å². The first kappa shape index (κ1) is 16.5. The third-order valence-corrected chi connectivity index (χ3v) is 4.66. The van der Waals surface area contributed by atoms with Crippen LogP contribution >= 0.6 is 0 Å². The molecule has 1 aliphatic carbocycles. The van der Waals surface area contributed by atoms with Gasteiger partial charge in [0, 0.05) is 12.7 Å². The zero-order valence-corrected chi connectivity index (χ0v) is 13.8. The molecule has 1 saturated carbocycles. The van der Waals surface area contributed by atoms with Gasteiger partial charge in [-0.3, -0.25) is 4.79 Å². The maximum absolute atomic E-state index is 12.2. The molecule has 5 nitrogen and oxygen atoms in total. The molecule has 1 aromatic heterocycles. The lowest BCUT2D eigenvalue weighted by atomic mass is 9.89. The second-order valence-electron chi connectivity index (χ2n) is 6.68. The topological polar surface area (TPSA) is 57.9 Å². The molecule has 1 unspecified atom stereocenters. The van der Waals surface area contributed by atoms with Crippen molar-refractivity contribution in [3.63, 3.8) is 0 Å². The van der Waals surface area contributed by atoms with Crippen LogP contribution in [-0.2, 0) is 16.1 Å². The Morgan fingerprint density at radius 3 is 2.70 bits per heavy atom. The summed E-state index contributed by atoms with van der Waals surface area (Å²) in [6.07, 6.45) is 8.78. The molecule has 1 saturated heterocycles. The van der Waals surface area contributed by atoms with Crippen LogP contribution in [0.15, 0.2) is 21.5 Å². The Balaban J connectivity index is 1.52. The molecule has 0 bridgehead atoms. The van der Waals surface area contributed by atoms with Crippen LogP contribution in [0.5, 0.6) is 5.75 Å². The minimum atomic E-state index is -0.186. The molecule has 128 valence electrons. The van der Waals surface area contributed by atoms with Gasteiger partial charge in [-0.25, -0.2) is 0 Å². The van der Waals surface area contributed by atoms with E-state index in [2.05, 4.69) is 6.92 Å². The second-order valence-corrected chi connectivity index (χ2v) is 6.68. The summed E-state index contributed by atoms with van der Waals surface area (Å²) in [6.45, 7) is 3.25. The van der Waals surface area contributed by atoms with E-state index in [1.165, 1.54) is 12.3 Å². The molecule has 2 heterocycles. The van der Waals surface area contributed by atoms with Crippen molar-refractivity contribution in [2.75, 3.05) is 6.61 Å². The van der Waals surface area contributed by atoms with Crippen LogP contribution in [0.1, 0.15) is 57.6 Å². The Morgan fingerprint density at radius 2 is 2.00 bits per heavy atom. The fourth-order valence-electron chi connectivity index (χ4n) is 3.14. The highest BCUT2D eigenvalue weighted by molar-refractivity contribution is 5.17. The number of hydrogen-bond donors (Lipinski definition) is 0. The minimum Gasteiger partial charge on any atom is -0.483 e. The fourth-order valence-corrected chi connectivity index (χ4v) is 3.14. The summed E-state index contributed by atoms with van der Waals surface area (Å²) in [6, 6.07) is 1.46. The molecule has 0 amide bonds. The van der Waals surface area contributed by atoms with Crippen molar-refractivity contribution in [2.45, 2.75) is 70.9 Å². The van der Waals surface area contributed by atoms with E-state index in [1.54, 1.807) is 0 Å². The fraction of sp³-hybridized carbons (Fsp3) is 0.722. The normalized spacial score (nSPS) is 28.5. The maximum Gasteiger partial charge on any atom is 0.227 e. The maximum atomic E-state index is 12.2. The van der Waals surface area contributed by atoms with Crippen molar-refractivity contribution in [3.8, 4) is 5.75 Å². The summed E-state index contributed by atoms with van der Waals surface area (Å²) >= 11 is 0. The summed E-state index contributed by atoms with van der Waals surface area (Å²) < 4.78 is 22.4. The van der Waals surface area contributed by atoms with E-state index in [0.29, 0.717) is 11.5 Å². The van der Waals surface area contributed by atoms with Crippen molar-refractivity contribution in [1.29, 1.82) is 0 Å². The molecule has 2 aliphatic rings. The van der Waals surface area contributed by atoms with Crippen LogP contribution in [0.4, 0.5) is 0 Å². The number of hydrogen-bond acceptors (Lipinski definition) is 5. The van der Waals surface area contributed by atoms with E-state index in [9.17, 15) is 4.79 Å². The third kappa shape index (κ3) is 4.82. The molecular weight excluding hydrogens is 296 g/mol. The Morgan fingerprint density at radius 1 is 1.17 bits per heavy atom. The number of ether oxygens (including phenoxy) is 3. The van der Waals surface area contributed by atoms with Crippen molar-refractivity contribution in [3.05, 3.63) is 28.3 Å². The van der Waals surface area contributed by atoms with Gasteiger partial charge in [-0.15, -0.1) is 0 Å². The molecule has 23 heavy (non-hydrogen) atoms. The monoisotopic (exact) mass is 322 g/mol. The van der Waals surface area contributed by atoms with Gasteiger partial charge in [-0.1, -0.05) is 6.92 Å². The van der Waals surface area contributed by atoms with Gasteiger partial charge in [0.2, 0.25) is 11.2 Å². The van der Waals surface area contributed by atoms with E-state index in [4.69, 9.17) is 18.6 Å². The second kappa shape index (κ2) is 7.97. The average Bonchev–Trinajstić information content (AvgIpc) is 2.58. The zero-order valence-electron chi connectivity index (χ0n) is 13.8. The Labute approximate surface area is 136 Å². The van der Waals surface area contributed by atoms with Crippen molar-refractivity contribution < 1.29 is 18.6 Å². The lowest BCUT2D eigenvalue weighted by Crippen LogP contribution is -2.25. The molecule has 0 aromatic carbocycles. The van der Waals surface area contributed by atoms with Crippen LogP contribution in [-0.4, -0.2) is 19.0 Å². The summed E-state index contributed by atoms with van der Waals surface area (Å²) in [7, 11) is 0. The predicted octanol–water partition coefficient (Wildman–Crippen LogP) is 3.64. The van der Waals surface area contributed by atoms with Gasteiger partial charge in [0.25, 0.3) is 0 Å². The van der Waals surface area contributed by atoms with E-state index in [1.807, 2.05) is 0 Å². The molecule has 0 spiro atoms. The first-order valence-corrected chi connectivity index (χ1v) is 8.72. The molecule has 2 fully saturated rings. The average molecular weight is 322 g/mol. The largest absolute Gasteiger partial charge is 0.483 e. The van der Waals surface area contributed by atoms with Gasteiger partial charge < -0.3 is 18.6 Å². The molecule has 5 heteroatoms. The van der Waals surface area contributed by atoms with E-state index in [0.717, 1.165) is 57.5 Å². The van der Waals surface area contributed by atoms with E-state index < -0.39 is 0 Å². The highest BCUT2D eigenvalue weighted by Crippen LogP contribution is 2.26. The summed E-state index contributed by atoms with van der Waals surface area (Å²) in [5.41, 5.74) is -0.141. The van der Waals surface area contributed by atoms with Crippen molar-refractivity contribution >= 4 is 0 Å². The van der Waals surface area contributed by atoms with Crippen LogP contribution < -0.4 is 10.2 Å². The minimum absolute atomic E-state index is 0.131. The van der Waals surface area contributed by atoms with Gasteiger partial charge in [-0.05, 0) is 50.9 Å². The van der Waals surface area contributed by atoms with Gasteiger partial charge in [0.05, 0.1) is 6.10 Å². The highest BCUT2D eigenvalue weighted by Gasteiger charge is 2.21. The smallest absolute Gasteiger partial charge is 0.227 e. The van der Waals surface area contributed by atoms with Crippen molar-refractivity contribution in [2.24, 2.45) is 5.92 Å². The van der Waals surface area contributed by atoms with Crippen LogP contribution in [0.25, 0.3) is 0 Å². The molecule has 3 rings (SSSR count). The van der Waals surface area contributed by atoms with Crippen molar-refractivity contribution in [1.82, 2.24) is 0 Å². The van der Waals surface area contributed by atoms with Gasteiger partial charge in [0.1, 0.15) is 18.6 Å². The van der Waals surface area contributed by atoms with Gasteiger partial charge >= 0.3 is 0 Å². The van der Waals surface area contributed by atoms with Crippen LogP contribution in [0.3, 0.4) is 0 Å². The summed E-state index contributed by atoms with van der Waals surface area (Å²) in [4.78, 5) is 12.2. The molecule has 1 aromatic rings. The van der Waals surface area contributed by atoms with Crippen LogP contribution in [0.2, 0.25) is 0 Å². The van der Waals surface area contributed by atoms with Crippen LogP contribution in [0, 0.1) is 5.92 Å². The Kier molecular flexibility index (Phi) is 5.73. The van der Waals surface area contributed by atoms with Gasteiger partial charge in [-0.2, -0.15) is 0 Å².